The minimum absolute atomic E-state index is 0.162. The molecular formula is C11H26N2O3S. The van der Waals surface area contributed by atoms with E-state index < -0.39 is 10.0 Å². The minimum atomic E-state index is -2.93. The second-order valence-corrected chi connectivity index (χ2v) is 5.52. The number of rotatable bonds is 5. The van der Waals surface area contributed by atoms with Crippen LogP contribution in [-0.4, -0.2) is 56.0 Å². The Labute approximate surface area is 106 Å². The van der Waals surface area contributed by atoms with Gasteiger partial charge in [0, 0.05) is 33.1 Å². The van der Waals surface area contributed by atoms with Gasteiger partial charge in [-0.25, -0.2) is 12.7 Å². The first-order valence-electron chi connectivity index (χ1n) is 5.95. The molecule has 0 radical (unpaired) electrons. The fourth-order valence-electron chi connectivity index (χ4n) is 1.36. The lowest BCUT2D eigenvalue weighted by Crippen LogP contribution is -2.29. The van der Waals surface area contributed by atoms with Gasteiger partial charge in [-0.15, -0.1) is 0 Å². The van der Waals surface area contributed by atoms with Crippen LogP contribution in [0.2, 0.25) is 0 Å². The van der Waals surface area contributed by atoms with Crippen LogP contribution in [0.25, 0.3) is 0 Å². The molecule has 0 saturated heterocycles. The van der Waals surface area contributed by atoms with Gasteiger partial charge in [-0.2, -0.15) is 0 Å². The van der Waals surface area contributed by atoms with Crippen LogP contribution in [0, 0.1) is 0 Å². The van der Waals surface area contributed by atoms with Crippen molar-refractivity contribution >= 4 is 15.9 Å². The molecule has 0 rings (SSSR count). The fraction of sp³-hybridized carbons (Fsp3) is 0.909. The number of nitrogens with zero attached hydrogens (tertiary/aromatic N) is 2. The lowest BCUT2D eigenvalue weighted by Gasteiger charge is -2.14. The topological polar surface area (TPSA) is 57.7 Å². The first-order chi connectivity index (χ1) is 7.74. The van der Waals surface area contributed by atoms with E-state index in [9.17, 15) is 13.2 Å². The van der Waals surface area contributed by atoms with Crippen molar-refractivity contribution in [3.63, 3.8) is 0 Å². The van der Waals surface area contributed by atoms with E-state index in [1.54, 1.807) is 11.8 Å². The van der Waals surface area contributed by atoms with Crippen molar-refractivity contribution in [1.82, 2.24) is 9.21 Å². The van der Waals surface area contributed by atoms with Crippen LogP contribution in [0.1, 0.15) is 34.6 Å². The summed E-state index contributed by atoms with van der Waals surface area (Å²) in [6.45, 7) is 12.0. The standard InChI is InChI=1S/C6H13NO.C5H13NO2S/c1-4-7(5-2)6(3)8;1-4-6(5-2)9(3,7)8/h4-5H2,1-3H3;4-5H2,1-3H3. The Balaban J connectivity index is 0. The van der Waals surface area contributed by atoms with E-state index in [0.717, 1.165) is 13.1 Å². The van der Waals surface area contributed by atoms with E-state index >= 15 is 0 Å². The van der Waals surface area contributed by atoms with Crippen molar-refractivity contribution < 1.29 is 13.2 Å². The van der Waals surface area contributed by atoms with Gasteiger partial charge in [0.05, 0.1) is 6.26 Å². The summed E-state index contributed by atoms with van der Waals surface area (Å²) in [6, 6.07) is 0. The Hall–Kier alpha value is -0.620. The van der Waals surface area contributed by atoms with E-state index in [2.05, 4.69) is 0 Å². The lowest BCUT2D eigenvalue weighted by molar-refractivity contribution is -0.128. The molecule has 0 N–H and O–H groups in total. The summed E-state index contributed by atoms with van der Waals surface area (Å²) in [5.74, 6) is 0.162. The van der Waals surface area contributed by atoms with Gasteiger partial charge in [-0.05, 0) is 13.8 Å². The Kier molecular flexibility index (Phi) is 10.4. The van der Waals surface area contributed by atoms with Crippen LogP contribution < -0.4 is 0 Å². The molecule has 0 aliphatic heterocycles. The molecular weight excluding hydrogens is 240 g/mol. The third kappa shape index (κ3) is 9.12. The molecule has 0 fully saturated rings. The average molecular weight is 266 g/mol. The molecule has 0 aliphatic rings. The van der Waals surface area contributed by atoms with E-state index in [1.165, 1.54) is 10.6 Å². The maximum atomic E-state index is 10.7. The van der Waals surface area contributed by atoms with Crippen molar-refractivity contribution in [2.45, 2.75) is 34.6 Å². The number of hydrogen-bond acceptors (Lipinski definition) is 3. The minimum Gasteiger partial charge on any atom is -0.343 e. The van der Waals surface area contributed by atoms with Crippen molar-refractivity contribution in [1.29, 1.82) is 0 Å². The Morgan fingerprint density at radius 3 is 1.29 bits per heavy atom. The van der Waals surface area contributed by atoms with E-state index in [-0.39, 0.29) is 5.91 Å². The van der Waals surface area contributed by atoms with Crippen LogP contribution in [0.5, 0.6) is 0 Å². The first-order valence-corrected chi connectivity index (χ1v) is 7.79. The molecule has 0 aromatic rings. The van der Waals surface area contributed by atoms with Gasteiger partial charge in [-0.3, -0.25) is 4.79 Å². The number of carbonyl (C=O) groups excluding carboxylic acids is 1. The van der Waals surface area contributed by atoms with Crippen LogP contribution in [-0.2, 0) is 14.8 Å². The second kappa shape index (κ2) is 9.41. The van der Waals surface area contributed by atoms with Crippen molar-refractivity contribution in [3.05, 3.63) is 0 Å². The van der Waals surface area contributed by atoms with Gasteiger partial charge in [-0.1, -0.05) is 13.8 Å². The summed E-state index contributed by atoms with van der Waals surface area (Å²) < 4.78 is 22.8. The lowest BCUT2D eigenvalue weighted by atomic mass is 10.5. The number of sulfonamides is 1. The Bertz CT molecular complexity index is 294. The van der Waals surface area contributed by atoms with Crippen molar-refractivity contribution in [2.24, 2.45) is 0 Å². The van der Waals surface area contributed by atoms with E-state index in [4.69, 9.17) is 0 Å². The predicted molar refractivity (Wildman–Crippen MR) is 71.4 cm³/mol. The highest BCUT2D eigenvalue weighted by molar-refractivity contribution is 7.88. The summed E-state index contributed by atoms with van der Waals surface area (Å²) in [5, 5.41) is 0. The molecule has 0 aromatic carbocycles. The van der Waals surface area contributed by atoms with Crippen molar-refractivity contribution in [2.75, 3.05) is 32.4 Å². The normalized spacial score (nSPS) is 10.8. The molecule has 0 aliphatic carbocycles. The summed E-state index contributed by atoms with van der Waals surface area (Å²) in [7, 11) is -2.93. The van der Waals surface area contributed by atoms with E-state index in [0.29, 0.717) is 13.1 Å². The summed E-state index contributed by atoms with van der Waals surface area (Å²) in [6.07, 6.45) is 1.22. The van der Waals surface area contributed by atoms with Crippen LogP contribution in [0.15, 0.2) is 0 Å². The smallest absolute Gasteiger partial charge is 0.219 e. The molecule has 104 valence electrons. The molecule has 0 unspecified atom stereocenters. The van der Waals surface area contributed by atoms with Gasteiger partial charge in [0.2, 0.25) is 15.9 Å². The highest BCUT2D eigenvalue weighted by atomic mass is 32.2. The van der Waals surface area contributed by atoms with Crippen LogP contribution in [0.3, 0.4) is 0 Å². The highest BCUT2D eigenvalue weighted by Gasteiger charge is 2.09. The third-order valence-corrected chi connectivity index (χ3v) is 3.84. The SMILES string of the molecule is CCN(CC)C(C)=O.CCN(CC)S(C)(=O)=O. The fourth-order valence-corrected chi connectivity index (χ4v) is 2.30. The molecule has 17 heavy (non-hydrogen) atoms. The average Bonchev–Trinajstić information content (AvgIpc) is 2.19. The molecule has 0 heterocycles. The third-order valence-electron chi connectivity index (χ3n) is 2.38. The molecule has 0 aromatic heterocycles. The Morgan fingerprint density at radius 1 is 0.941 bits per heavy atom. The monoisotopic (exact) mass is 266 g/mol. The molecule has 6 heteroatoms. The zero-order valence-electron chi connectivity index (χ0n) is 11.9. The van der Waals surface area contributed by atoms with Crippen molar-refractivity contribution in [3.8, 4) is 0 Å². The molecule has 0 saturated carbocycles. The zero-order chi connectivity index (χ0) is 14.1. The molecule has 0 atom stereocenters. The molecule has 0 bridgehead atoms. The largest absolute Gasteiger partial charge is 0.343 e. The second-order valence-electron chi connectivity index (χ2n) is 3.54. The maximum Gasteiger partial charge on any atom is 0.219 e. The van der Waals surface area contributed by atoms with Gasteiger partial charge in [0.1, 0.15) is 0 Å². The number of amides is 1. The van der Waals surface area contributed by atoms with Gasteiger partial charge in [0.15, 0.2) is 0 Å². The van der Waals surface area contributed by atoms with Gasteiger partial charge < -0.3 is 4.90 Å². The number of carbonyl (C=O) groups is 1. The first kappa shape index (κ1) is 18.7. The van der Waals surface area contributed by atoms with Gasteiger partial charge >= 0.3 is 0 Å². The summed E-state index contributed by atoms with van der Waals surface area (Å²) in [4.78, 5) is 12.3. The van der Waals surface area contributed by atoms with Crippen LogP contribution in [0.4, 0.5) is 0 Å². The summed E-state index contributed by atoms with van der Waals surface area (Å²) in [5.41, 5.74) is 0. The predicted octanol–water partition coefficient (Wildman–Crippen LogP) is 1.16. The summed E-state index contributed by atoms with van der Waals surface area (Å²) >= 11 is 0. The van der Waals surface area contributed by atoms with Gasteiger partial charge in [0.25, 0.3) is 0 Å². The molecule has 1 amide bonds. The maximum absolute atomic E-state index is 10.7. The molecule has 5 nitrogen and oxygen atoms in total. The quantitative estimate of drug-likeness (QED) is 0.750. The molecule has 0 spiro atoms. The number of hydrogen-bond donors (Lipinski definition) is 0. The van der Waals surface area contributed by atoms with E-state index in [1.807, 2.05) is 27.7 Å². The highest BCUT2D eigenvalue weighted by Crippen LogP contribution is 1.94. The van der Waals surface area contributed by atoms with Crippen LogP contribution >= 0.6 is 0 Å². The zero-order valence-corrected chi connectivity index (χ0v) is 12.7. The Morgan fingerprint density at radius 2 is 1.29 bits per heavy atom.